The molecule has 0 aliphatic rings. The van der Waals surface area contributed by atoms with Crippen molar-refractivity contribution in [1.82, 2.24) is 0 Å². The van der Waals surface area contributed by atoms with Crippen molar-refractivity contribution in [2.75, 3.05) is 7.11 Å². The summed E-state index contributed by atoms with van der Waals surface area (Å²) >= 11 is 3.11. The molecule has 2 N–H and O–H groups in total. The number of hydrogen-bond donors (Lipinski definition) is 2. The fraction of sp³-hybridized carbons (Fsp3) is 0.417. The second kappa shape index (κ2) is 5.14. The number of phenols is 1. The third-order valence-electron chi connectivity index (χ3n) is 2.65. The second-order valence-electron chi connectivity index (χ2n) is 4.57. The summed E-state index contributed by atoms with van der Waals surface area (Å²) in [5, 5.41) is 18.5. The minimum absolute atomic E-state index is 0.0224. The molecule has 0 aliphatic heterocycles. The van der Waals surface area contributed by atoms with E-state index in [4.69, 9.17) is 9.84 Å². The van der Waals surface area contributed by atoms with Gasteiger partial charge in [-0.25, -0.2) is 4.39 Å². The normalized spacial score (nSPS) is 11.4. The Hall–Kier alpha value is -1.30. The van der Waals surface area contributed by atoms with Crippen molar-refractivity contribution in [3.63, 3.8) is 0 Å². The Balaban J connectivity index is 3.30. The lowest BCUT2D eigenvalue weighted by molar-refractivity contribution is -0.146. The number of phenolic OH excluding ortho intramolecular Hbond substituents is 1. The van der Waals surface area contributed by atoms with Gasteiger partial charge in [-0.05, 0) is 26.3 Å². The van der Waals surface area contributed by atoms with Crippen molar-refractivity contribution >= 4 is 21.9 Å². The molecule has 18 heavy (non-hydrogen) atoms. The van der Waals surface area contributed by atoms with Crippen LogP contribution in [0.2, 0.25) is 0 Å². The van der Waals surface area contributed by atoms with Crippen LogP contribution in [0.3, 0.4) is 0 Å². The van der Waals surface area contributed by atoms with E-state index < -0.39 is 17.2 Å². The summed E-state index contributed by atoms with van der Waals surface area (Å²) in [5.41, 5.74) is -0.956. The summed E-state index contributed by atoms with van der Waals surface area (Å²) in [6, 6.07) is 1.29. The Morgan fingerprint density at radius 2 is 2.11 bits per heavy atom. The number of benzene rings is 1. The molecule has 100 valence electrons. The molecule has 0 aliphatic carbocycles. The minimum atomic E-state index is -1.12. The molecule has 0 heterocycles. The standard InChI is InChI=1S/C12H14BrFO4/c1-12(2,11(16)17)5-6-7(13)4-8(15)10(18-3)9(6)14/h4,15H,5H2,1-3H3,(H,16,17). The molecule has 0 spiro atoms. The van der Waals surface area contributed by atoms with Crippen LogP contribution < -0.4 is 4.74 Å². The maximum absolute atomic E-state index is 14.1. The number of aromatic hydroxyl groups is 1. The van der Waals surface area contributed by atoms with Gasteiger partial charge in [-0.15, -0.1) is 0 Å². The summed E-state index contributed by atoms with van der Waals surface area (Å²) in [5.74, 6) is -2.40. The largest absolute Gasteiger partial charge is 0.504 e. The highest BCUT2D eigenvalue weighted by Crippen LogP contribution is 2.38. The van der Waals surface area contributed by atoms with Gasteiger partial charge in [0.2, 0.25) is 0 Å². The Morgan fingerprint density at radius 1 is 1.56 bits per heavy atom. The molecule has 0 radical (unpaired) electrons. The molecule has 0 saturated heterocycles. The zero-order valence-electron chi connectivity index (χ0n) is 10.3. The number of rotatable bonds is 4. The van der Waals surface area contributed by atoms with E-state index in [2.05, 4.69) is 15.9 Å². The fourth-order valence-electron chi connectivity index (χ4n) is 1.50. The van der Waals surface area contributed by atoms with Gasteiger partial charge in [0.15, 0.2) is 17.3 Å². The predicted molar refractivity (Wildman–Crippen MR) is 67.4 cm³/mol. The van der Waals surface area contributed by atoms with E-state index in [1.165, 1.54) is 27.0 Å². The first-order valence-corrected chi connectivity index (χ1v) is 5.97. The molecule has 0 unspecified atom stereocenters. The third-order valence-corrected chi connectivity index (χ3v) is 3.36. The lowest BCUT2D eigenvalue weighted by Gasteiger charge is -2.21. The minimum Gasteiger partial charge on any atom is -0.504 e. The molecule has 0 amide bonds. The molecule has 1 aromatic rings. The van der Waals surface area contributed by atoms with Crippen LogP contribution in [0.15, 0.2) is 10.5 Å². The summed E-state index contributed by atoms with van der Waals surface area (Å²) in [6.45, 7) is 3.00. The van der Waals surface area contributed by atoms with Crippen molar-refractivity contribution < 1.29 is 24.1 Å². The van der Waals surface area contributed by atoms with Crippen LogP contribution in [0.5, 0.6) is 11.5 Å². The quantitative estimate of drug-likeness (QED) is 0.895. The Kier molecular flexibility index (Phi) is 4.21. The van der Waals surface area contributed by atoms with E-state index in [0.717, 1.165) is 0 Å². The van der Waals surface area contributed by atoms with Crippen LogP contribution in [0.1, 0.15) is 19.4 Å². The van der Waals surface area contributed by atoms with Crippen LogP contribution in [0, 0.1) is 11.2 Å². The molecule has 0 bridgehead atoms. The van der Waals surface area contributed by atoms with Crippen molar-refractivity contribution in [3.05, 3.63) is 21.9 Å². The van der Waals surface area contributed by atoms with Crippen LogP contribution in [-0.4, -0.2) is 23.3 Å². The average molecular weight is 321 g/mol. The van der Waals surface area contributed by atoms with Crippen LogP contribution >= 0.6 is 15.9 Å². The SMILES string of the molecule is COc1c(O)cc(Br)c(CC(C)(C)C(=O)O)c1F. The van der Waals surface area contributed by atoms with Gasteiger partial charge >= 0.3 is 5.97 Å². The summed E-state index contributed by atoms with van der Waals surface area (Å²) in [7, 11) is 1.23. The molecular weight excluding hydrogens is 307 g/mol. The molecule has 4 nitrogen and oxygen atoms in total. The summed E-state index contributed by atoms with van der Waals surface area (Å²) in [4.78, 5) is 11.1. The topological polar surface area (TPSA) is 66.8 Å². The lowest BCUT2D eigenvalue weighted by Crippen LogP contribution is -2.26. The predicted octanol–water partition coefficient (Wildman–Crippen LogP) is 2.96. The Bertz CT molecular complexity index is 485. The summed E-state index contributed by atoms with van der Waals surface area (Å²) < 4.78 is 19.1. The number of methoxy groups -OCH3 is 1. The number of aliphatic carboxylic acids is 1. The fourth-order valence-corrected chi connectivity index (χ4v) is 2.03. The van der Waals surface area contributed by atoms with E-state index >= 15 is 0 Å². The molecule has 1 rings (SSSR count). The number of carboxylic acid groups (broad SMARTS) is 1. The van der Waals surface area contributed by atoms with Gasteiger partial charge in [-0.3, -0.25) is 4.79 Å². The summed E-state index contributed by atoms with van der Waals surface area (Å²) in [6.07, 6.45) is -0.0224. The molecule has 0 aromatic heterocycles. The van der Waals surface area contributed by atoms with Gasteiger partial charge in [0.1, 0.15) is 0 Å². The van der Waals surface area contributed by atoms with Gasteiger partial charge in [0.25, 0.3) is 0 Å². The van der Waals surface area contributed by atoms with Crippen molar-refractivity contribution in [1.29, 1.82) is 0 Å². The monoisotopic (exact) mass is 320 g/mol. The Morgan fingerprint density at radius 3 is 2.56 bits per heavy atom. The van der Waals surface area contributed by atoms with E-state index in [1.807, 2.05) is 0 Å². The number of hydrogen-bond acceptors (Lipinski definition) is 3. The van der Waals surface area contributed by atoms with Gasteiger partial charge < -0.3 is 14.9 Å². The molecule has 0 fully saturated rings. The number of carboxylic acids is 1. The van der Waals surface area contributed by atoms with E-state index in [-0.39, 0.29) is 23.5 Å². The number of ether oxygens (including phenoxy) is 1. The van der Waals surface area contributed by atoms with Gasteiger partial charge in [0, 0.05) is 10.0 Å². The van der Waals surface area contributed by atoms with Crippen LogP contribution in [0.4, 0.5) is 4.39 Å². The molecule has 0 saturated carbocycles. The van der Waals surface area contributed by atoms with Crippen LogP contribution in [0.25, 0.3) is 0 Å². The van der Waals surface area contributed by atoms with Gasteiger partial charge in [0.05, 0.1) is 12.5 Å². The van der Waals surface area contributed by atoms with Gasteiger partial charge in [-0.2, -0.15) is 0 Å². The first kappa shape index (κ1) is 14.8. The zero-order valence-corrected chi connectivity index (χ0v) is 11.8. The van der Waals surface area contributed by atoms with Crippen LogP contribution in [-0.2, 0) is 11.2 Å². The third kappa shape index (κ3) is 2.75. The average Bonchev–Trinajstić information content (AvgIpc) is 2.24. The first-order valence-electron chi connectivity index (χ1n) is 5.18. The highest BCUT2D eigenvalue weighted by atomic mass is 79.9. The number of carbonyl (C=O) groups is 1. The Labute approximate surface area is 113 Å². The highest BCUT2D eigenvalue weighted by molar-refractivity contribution is 9.10. The lowest BCUT2D eigenvalue weighted by atomic mass is 9.85. The highest BCUT2D eigenvalue weighted by Gasteiger charge is 2.31. The maximum atomic E-state index is 14.1. The molecule has 1 aromatic carbocycles. The molecule has 6 heteroatoms. The van der Waals surface area contributed by atoms with Crippen molar-refractivity contribution in [3.8, 4) is 11.5 Å². The van der Waals surface area contributed by atoms with E-state index in [0.29, 0.717) is 4.47 Å². The second-order valence-corrected chi connectivity index (χ2v) is 5.42. The van der Waals surface area contributed by atoms with E-state index in [9.17, 15) is 14.3 Å². The molecule has 0 atom stereocenters. The first-order chi connectivity index (χ1) is 8.20. The van der Waals surface area contributed by atoms with Crippen molar-refractivity contribution in [2.24, 2.45) is 5.41 Å². The van der Waals surface area contributed by atoms with Crippen molar-refractivity contribution in [2.45, 2.75) is 20.3 Å². The molecular formula is C12H14BrFO4. The zero-order chi connectivity index (χ0) is 14.1. The van der Waals surface area contributed by atoms with E-state index in [1.54, 1.807) is 0 Å². The van der Waals surface area contributed by atoms with Gasteiger partial charge in [-0.1, -0.05) is 15.9 Å². The smallest absolute Gasteiger partial charge is 0.309 e. The maximum Gasteiger partial charge on any atom is 0.309 e. The number of halogens is 2.